The minimum absolute atomic E-state index is 0.117. The van der Waals surface area contributed by atoms with Crippen molar-refractivity contribution in [2.24, 2.45) is 15.9 Å². The van der Waals surface area contributed by atoms with Crippen LogP contribution in [0.2, 0.25) is 0 Å². The third-order valence-corrected chi connectivity index (χ3v) is 12.5. The lowest BCUT2D eigenvalue weighted by atomic mass is 9.87. The molecule has 63 heavy (non-hydrogen) atoms. The lowest BCUT2D eigenvalue weighted by Crippen LogP contribution is -2.24. The molecule has 4 heterocycles. The van der Waals surface area contributed by atoms with E-state index in [9.17, 15) is 0 Å². The van der Waals surface area contributed by atoms with Gasteiger partial charge in [0.05, 0.1) is 33.7 Å². The second kappa shape index (κ2) is 14.8. The van der Waals surface area contributed by atoms with E-state index < -0.39 is 0 Å². The van der Waals surface area contributed by atoms with Crippen molar-refractivity contribution < 1.29 is 4.42 Å². The molecule has 0 fully saturated rings. The summed E-state index contributed by atoms with van der Waals surface area (Å²) in [7, 11) is 0. The van der Waals surface area contributed by atoms with Crippen molar-refractivity contribution in [3.8, 4) is 17.1 Å². The molecule has 12 rings (SSSR count). The molecule has 0 N–H and O–H groups in total. The summed E-state index contributed by atoms with van der Waals surface area (Å²) >= 11 is 0. The number of hydrogen-bond acceptors (Lipinski definition) is 5. The van der Waals surface area contributed by atoms with Crippen LogP contribution in [-0.2, 0) is 0 Å². The van der Waals surface area contributed by atoms with Crippen LogP contribution in [0.25, 0.3) is 88.1 Å². The van der Waals surface area contributed by atoms with Gasteiger partial charge in [-0.2, -0.15) is 0 Å². The van der Waals surface area contributed by atoms with Gasteiger partial charge in [0, 0.05) is 38.4 Å². The zero-order valence-electron chi connectivity index (χ0n) is 34.5. The molecule has 0 radical (unpaired) electrons. The molecule has 1 unspecified atom stereocenters. The van der Waals surface area contributed by atoms with E-state index in [0.717, 1.165) is 106 Å². The highest BCUT2D eigenvalue weighted by Crippen LogP contribution is 2.41. The lowest BCUT2D eigenvalue weighted by molar-refractivity contribution is 0.669. The monoisotopic (exact) mass is 809 g/mol. The number of amidine groups is 1. The van der Waals surface area contributed by atoms with Crippen LogP contribution < -0.4 is 0 Å². The molecule has 1 aliphatic heterocycles. The number of allylic oxidation sites excluding steroid dienone is 9. The van der Waals surface area contributed by atoms with E-state index in [1.807, 2.05) is 43.3 Å². The summed E-state index contributed by atoms with van der Waals surface area (Å²) < 4.78 is 8.77. The molecule has 0 amide bonds. The van der Waals surface area contributed by atoms with Gasteiger partial charge >= 0.3 is 0 Å². The average molecular weight is 810 g/mol. The summed E-state index contributed by atoms with van der Waals surface area (Å²) in [6.45, 7) is 5.95. The second-order valence-electron chi connectivity index (χ2n) is 16.1. The zero-order chi connectivity index (χ0) is 42.0. The van der Waals surface area contributed by atoms with Gasteiger partial charge in [0.25, 0.3) is 0 Å². The van der Waals surface area contributed by atoms with E-state index >= 15 is 0 Å². The highest BCUT2D eigenvalue weighted by atomic mass is 16.3. The smallest absolute Gasteiger partial charge is 0.235 e. The quantitative estimate of drug-likeness (QED) is 0.151. The summed E-state index contributed by atoms with van der Waals surface area (Å²) in [6, 6.07) is 51.2. The minimum Gasteiger partial charge on any atom is -0.456 e. The van der Waals surface area contributed by atoms with Crippen LogP contribution in [0.5, 0.6) is 0 Å². The number of aliphatic imine (C=N–C) groups is 2. The number of fused-ring (bicyclic) bond motifs is 10. The fraction of sp³-hybridized carbons (Fsp3) is 0.0526. The fourth-order valence-electron chi connectivity index (χ4n) is 9.57. The average Bonchev–Trinajstić information content (AvgIpc) is 3.89. The van der Waals surface area contributed by atoms with Crippen molar-refractivity contribution in [2.75, 3.05) is 0 Å². The third-order valence-electron chi connectivity index (χ3n) is 12.5. The molecule has 1 atom stereocenters. The molecule has 2 aliphatic rings. The fourth-order valence-corrected chi connectivity index (χ4v) is 9.57. The van der Waals surface area contributed by atoms with Crippen LogP contribution in [0.3, 0.4) is 0 Å². The Labute approximate surface area is 363 Å². The Hall–Kier alpha value is -8.22. The van der Waals surface area contributed by atoms with Gasteiger partial charge in [0.15, 0.2) is 5.84 Å². The van der Waals surface area contributed by atoms with Gasteiger partial charge in [0.1, 0.15) is 11.2 Å². The largest absolute Gasteiger partial charge is 0.456 e. The Bertz CT molecular complexity index is 3740. The van der Waals surface area contributed by atoms with Crippen molar-refractivity contribution in [3.05, 3.63) is 217 Å². The number of nitrogens with zero attached hydrogens (tertiary/aromatic N) is 5. The van der Waals surface area contributed by atoms with Crippen LogP contribution in [0, 0.1) is 5.92 Å². The highest BCUT2D eigenvalue weighted by Gasteiger charge is 2.29. The molecular formula is C57H39N5O. The molecular weight excluding hydrogens is 771 g/mol. The van der Waals surface area contributed by atoms with E-state index in [0.29, 0.717) is 11.8 Å². The molecule has 0 saturated heterocycles. The molecule has 0 saturated carbocycles. The molecule has 0 spiro atoms. The molecule has 7 aromatic carbocycles. The standard InChI is InChI=1S/C57H39N5O/c1-3-5-16-35(4-2)54-42-22-12-14-25-47(42)59-57(61-54)62-48-30-28-38(33-44(48)52-40-20-10-9-17-36(40)27-31-49(52)62)39-29-32-50-45(34-39)53-43(23-15-26-51(53)63-50)56-58-46-24-13-11-21-41(46)55(60-56)37-18-7-6-8-19-37/h3-20,22-34,41H,1,21H2,2H3/b16-5-,35-4+. The summed E-state index contributed by atoms with van der Waals surface area (Å²) in [5.74, 6) is 1.43. The number of para-hydroxylation sites is 1. The Morgan fingerprint density at radius 3 is 2.35 bits per heavy atom. The van der Waals surface area contributed by atoms with E-state index in [-0.39, 0.29) is 5.92 Å². The number of hydrogen-bond donors (Lipinski definition) is 0. The number of rotatable bonds is 7. The first-order valence-corrected chi connectivity index (χ1v) is 21.4. The van der Waals surface area contributed by atoms with Crippen LogP contribution in [-0.4, -0.2) is 26.1 Å². The SMILES string of the molecule is C=C/C=C\C(=C/C)c1nc(-n2c3ccc(-c4ccc5oc6cccc(C7=NC8=CC=CCC8C(c8ccccc8)=N7)c6c5c4)cc3c3c4ccccc4ccc32)nc2ccccc12. The van der Waals surface area contributed by atoms with Crippen molar-refractivity contribution in [3.63, 3.8) is 0 Å². The summed E-state index contributed by atoms with van der Waals surface area (Å²) in [4.78, 5) is 21.1. The Kier molecular flexibility index (Phi) is 8.57. The molecule has 10 aromatic rings. The van der Waals surface area contributed by atoms with Gasteiger partial charge in [-0.3, -0.25) is 4.57 Å². The van der Waals surface area contributed by atoms with Gasteiger partial charge in [-0.25, -0.2) is 20.0 Å². The van der Waals surface area contributed by atoms with Crippen molar-refractivity contribution in [2.45, 2.75) is 13.3 Å². The molecule has 298 valence electrons. The van der Waals surface area contributed by atoms with Gasteiger partial charge < -0.3 is 4.42 Å². The number of furan rings is 1. The van der Waals surface area contributed by atoms with Gasteiger partial charge in [-0.15, -0.1) is 0 Å². The van der Waals surface area contributed by atoms with Crippen molar-refractivity contribution in [1.82, 2.24) is 14.5 Å². The normalized spacial score (nSPS) is 15.5. The Morgan fingerprint density at radius 1 is 0.683 bits per heavy atom. The zero-order valence-corrected chi connectivity index (χ0v) is 34.5. The Balaban J connectivity index is 1.06. The minimum atomic E-state index is 0.117. The van der Waals surface area contributed by atoms with Crippen molar-refractivity contribution >= 4 is 82.5 Å². The number of aromatic nitrogens is 3. The Morgan fingerprint density at radius 2 is 1.48 bits per heavy atom. The molecule has 6 nitrogen and oxygen atoms in total. The third kappa shape index (κ3) is 5.94. The first-order valence-electron chi connectivity index (χ1n) is 21.4. The first kappa shape index (κ1) is 36.6. The van der Waals surface area contributed by atoms with E-state index in [2.05, 4.69) is 157 Å². The number of benzene rings is 7. The maximum Gasteiger partial charge on any atom is 0.235 e. The highest BCUT2D eigenvalue weighted by molar-refractivity contribution is 6.24. The van der Waals surface area contributed by atoms with E-state index in [4.69, 9.17) is 24.4 Å². The van der Waals surface area contributed by atoms with E-state index in [1.54, 1.807) is 6.08 Å². The summed E-state index contributed by atoms with van der Waals surface area (Å²) in [5, 5.41) is 7.65. The van der Waals surface area contributed by atoms with Crippen LogP contribution >= 0.6 is 0 Å². The van der Waals surface area contributed by atoms with Gasteiger partial charge in [-0.1, -0.05) is 146 Å². The molecule has 6 heteroatoms. The van der Waals surface area contributed by atoms with Crippen LogP contribution in [0.1, 0.15) is 30.2 Å². The maximum atomic E-state index is 6.55. The van der Waals surface area contributed by atoms with Gasteiger partial charge in [-0.05, 0) is 94.9 Å². The van der Waals surface area contributed by atoms with Crippen LogP contribution in [0.15, 0.2) is 215 Å². The van der Waals surface area contributed by atoms with Crippen molar-refractivity contribution in [1.29, 1.82) is 0 Å². The lowest BCUT2D eigenvalue weighted by Gasteiger charge is -2.25. The molecule has 1 aliphatic carbocycles. The maximum absolute atomic E-state index is 6.55. The first-order chi connectivity index (χ1) is 31.1. The summed E-state index contributed by atoms with van der Waals surface area (Å²) in [6.07, 6.45) is 15.2. The predicted octanol–water partition coefficient (Wildman–Crippen LogP) is 14.3. The topological polar surface area (TPSA) is 68.6 Å². The van der Waals surface area contributed by atoms with E-state index in [1.165, 1.54) is 10.8 Å². The van der Waals surface area contributed by atoms with Crippen LogP contribution in [0.4, 0.5) is 0 Å². The van der Waals surface area contributed by atoms with Gasteiger partial charge in [0.2, 0.25) is 5.95 Å². The summed E-state index contributed by atoms with van der Waals surface area (Å²) in [5.41, 5.74) is 12.8. The second-order valence-corrected chi connectivity index (χ2v) is 16.1. The molecule has 0 bridgehead atoms. The predicted molar refractivity (Wildman–Crippen MR) is 262 cm³/mol. The molecule has 3 aromatic heterocycles.